The maximum Gasteiger partial charge on any atom is 0.0727 e. The molecule has 4 aliphatic carbocycles. The van der Waals surface area contributed by atoms with Gasteiger partial charge in [0.15, 0.2) is 0 Å². The van der Waals surface area contributed by atoms with Gasteiger partial charge in [0, 0.05) is 32.9 Å². The molecule has 2 aromatic heterocycles. The number of aromatic nitrogens is 2. The number of nitrogens with zero attached hydrogens (tertiary/aromatic N) is 2. The molecule has 0 aliphatic heterocycles. The summed E-state index contributed by atoms with van der Waals surface area (Å²) < 4.78 is 5.07. The number of para-hydroxylation sites is 2. The average Bonchev–Trinajstić information content (AvgIpc) is 3.81. The molecule has 1 fully saturated rings. The van der Waals surface area contributed by atoms with Crippen molar-refractivity contribution < 1.29 is 0 Å². The molecule has 2 heteroatoms. The highest BCUT2D eigenvalue weighted by Crippen LogP contribution is 2.63. The van der Waals surface area contributed by atoms with Gasteiger partial charge in [0.1, 0.15) is 0 Å². The van der Waals surface area contributed by atoms with Gasteiger partial charge >= 0.3 is 0 Å². The standard InChI is InChI=1S/C70H44N2/c1-2-16-48-42(14-1)15-13-23-49(48)43-28-32-58-56-21-7-11-26-66(56)71(68(58)38-43)46-30-34-54-55-35-31-47(41-65(55)70(64(54)40-46)62-24-9-5-19-52(62)53-20-6-10-25-63(53)70)72-67-27-12-8-22-57(67)59-33-29-44(39-69(59)72)60-36-45-37-61(45)51-18-4-3-17-50(51)60/h1-36,38-41,45,61H,37H2. The van der Waals surface area contributed by atoms with E-state index in [1.54, 1.807) is 0 Å². The molecular formula is C70H44N2. The molecule has 11 aromatic carbocycles. The quantitative estimate of drug-likeness (QED) is 0.166. The first-order valence-corrected chi connectivity index (χ1v) is 25.6. The van der Waals surface area contributed by atoms with Crippen LogP contribution in [0.5, 0.6) is 0 Å². The molecule has 0 amide bonds. The van der Waals surface area contributed by atoms with E-state index in [0.717, 1.165) is 5.69 Å². The van der Waals surface area contributed by atoms with Crippen LogP contribution in [0.4, 0.5) is 0 Å². The fourth-order valence-electron chi connectivity index (χ4n) is 14.1. The van der Waals surface area contributed by atoms with Gasteiger partial charge in [-0.3, -0.25) is 0 Å². The van der Waals surface area contributed by atoms with Crippen molar-refractivity contribution in [3.63, 3.8) is 0 Å². The van der Waals surface area contributed by atoms with Crippen LogP contribution in [-0.4, -0.2) is 9.13 Å². The minimum Gasteiger partial charge on any atom is -0.309 e. The number of hydrogen-bond acceptors (Lipinski definition) is 0. The van der Waals surface area contributed by atoms with E-state index in [9.17, 15) is 0 Å². The average molecular weight is 913 g/mol. The highest BCUT2D eigenvalue weighted by atomic mass is 15.0. The Labute approximate surface area is 417 Å². The number of hydrogen-bond donors (Lipinski definition) is 0. The van der Waals surface area contributed by atoms with E-state index >= 15 is 0 Å². The smallest absolute Gasteiger partial charge is 0.0727 e. The molecule has 334 valence electrons. The first-order chi connectivity index (χ1) is 35.7. The van der Waals surface area contributed by atoms with E-state index in [0.29, 0.717) is 11.8 Å². The lowest BCUT2D eigenvalue weighted by Crippen LogP contribution is -2.26. The Morgan fingerprint density at radius 3 is 1.49 bits per heavy atom. The van der Waals surface area contributed by atoms with Gasteiger partial charge in [0.2, 0.25) is 0 Å². The lowest BCUT2D eigenvalue weighted by molar-refractivity contribution is 0.791. The summed E-state index contributed by atoms with van der Waals surface area (Å²) in [6, 6.07) is 89.8. The van der Waals surface area contributed by atoms with Gasteiger partial charge in [-0.2, -0.15) is 0 Å². The Balaban J connectivity index is 0.908. The number of allylic oxidation sites excluding steroid dienone is 1. The van der Waals surface area contributed by atoms with Crippen molar-refractivity contribution in [3.8, 4) is 44.8 Å². The van der Waals surface area contributed by atoms with Crippen molar-refractivity contribution in [3.05, 3.63) is 282 Å². The summed E-state index contributed by atoms with van der Waals surface area (Å²) in [6.07, 6.45) is 3.81. The second-order valence-electron chi connectivity index (χ2n) is 20.7. The molecule has 17 rings (SSSR count). The minimum absolute atomic E-state index is 0.557. The van der Waals surface area contributed by atoms with Crippen LogP contribution >= 0.6 is 0 Å². The zero-order chi connectivity index (χ0) is 46.8. The van der Waals surface area contributed by atoms with Crippen molar-refractivity contribution >= 4 is 60.0 Å². The van der Waals surface area contributed by atoms with Crippen LogP contribution in [0.3, 0.4) is 0 Å². The SMILES string of the molecule is C1=C(c2ccc3c4ccccc4n(-c4ccc5c(c4)C4(c6ccccc6-c6ccccc64)c4cc(-n6c7ccccc7c7ccc(-c8cccc9ccccc89)cc76)ccc4-5)c3c2)c2ccccc2C2CC12. The Kier molecular flexibility index (Phi) is 7.60. The Morgan fingerprint density at radius 2 is 0.819 bits per heavy atom. The molecule has 13 aromatic rings. The predicted molar refractivity (Wildman–Crippen MR) is 299 cm³/mol. The Morgan fingerprint density at radius 1 is 0.333 bits per heavy atom. The zero-order valence-corrected chi connectivity index (χ0v) is 39.4. The van der Waals surface area contributed by atoms with Gasteiger partial charge in [-0.15, -0.1) is 0 Å². The lowest BCUT2D eigenvalue weighted by Gasteiger charge is -2.31. The lowest BCUT2D eigenvalue weighted by atomic mass is 9.70. The molecular weight excluding hydrogens is 869 g/mol. The van der Waals surface area contributed by atoms with Crippen LogP contribution in [0.25, 0.3) is 105 Å². The summed E-state index contributed by atoms with van der Waals surface area (Å²) in [4.78, 5) is 0. The van der Waals surface area contributed by atoms with Crippen LogP contribution in [0.2, 0.25) is 0 Å². The number of fused-ring (bicyclic) bond motifs is 20. The minimum atomic E-state index is -0.557. The van der Waals surface area contributed by atoms with Crippen LogP contribution in [-0.2, 0) is 5.41 Å². The van der Waals surface area contributed by atoms with E-state index < -0.39 is 5.41 Å². The van der Waals surface area contributed by atoms with E-state index in [1.165, 1.54) is 144 Å². The highest BCUT2D eigenvalue weighted by Gasteiger charge is 2.52. The second kappa shape index (κ2) is 14.1. The van der Waals surface area contributed by atoms with Gasteiger partial charge in [0.05, 0.1) is 27.5 Å². The normalized spacial score (nSPS) is 16.5. The molecule has 72 heavy (non-hydrogen) atoms. The topological polar surface area (TPSA) is 9.86 Å². The van der Waals surface area contributed by atoms with E-state index in [4.69, 9.17) is 0 Å². The van der Waals surface area contributed by atoms with Crippen LogP contribution in [0.1, 0.15) is 51.3 Å². The highest BCUT2D eigenvalue weighted by molar-refractivity contribution is 6.12. The van der Waals surface area contributed by atoms with Crippen molar-refractivity contribution in [2.45, 2.75) is 17.8 Å². The second-order valence-corrected chi connectivity index (χ2v) is 20.7. The molecule has 0 bridgehead atoms. The first-order valence-electron chi connectivity index (χ1n) is 25.6. The maximum absolute atomic E-state index is 2.56. The Bertz CT molecular complexity index is 4520. The third-order valence-corrected chi connectivity index (χ3v) is 17.2. The molecule has 2 heterocycles. The van der Waals surface area contributed by atoms with E-state index in [-0.39, 0.29) is 0 Å². The van der Waals surface area contributed by atoms with Gasteiger partial charge in [-0.25, -0.2) is 0 Å². The third-order valence-electron chi connectivity index (χ3n) is 17.2. The zero-order valence-electron chi connectivity index (χ0n) is 39.4. The summed E-state index contributed by atoms with van der Waals surface area (Å²) in [5.41, 5.74) is 25.2. The van der Waals surface area contributed by atoms with E-state index in [2.05, 4.69) is 252 Å². The fourth-order valence-corrected chi connectivity index (χ4v) is 14.1. The first kappa shape index (κ1) is 38.8. The van der Waals surface area contributed by atoms with Crippen LogP contribution < -0.4 is 0 Å². The van der Waals surface area contributed by atoms with Gasteiger partial charge in [-0.1, -0.05) is 194 Å². The summed E-state index contributed by atoms with van der Waals surface area (Å²) in [7, 11) is 0. The van der Waals surface area contributed by atoms with E-state index in [1.807, 2.05) is 0 Å². The van der Waals surface area contributed by atoms with Gasteiger partial charge < -0.3 is 9.13 Å². The van der Waals surface area contributed by atoms with Gasteiger partial charge in [-0.05, 0) is 155 Å². The summed E-state index contributed by atoms with van der Waals surface area (Å²) >= 11 is 0. The van der Waals surface area contributed by atoms with Crippen molar-refractivity contribution in [2.24, 2.45) is 5.92 Å². The summed E-state index contributed by atoms with van der Waals surface area (Å²) in [5, 5.41) is 7.58. The summed E-state index contributed by atoms with van der Waals surface area (Å²) in [5.74, 6) is 1.30. The number of benzene rings is 11. The van der Waals surface area contributed by atoms with Crippen LogP contribution in [0.15, 0.2) is 243 Å². The van der Waals surface area contributed by atoms with Crippen molar-refractivity contribution in [1.82, 2.24) is 9.13 Å². The van der Waals surface area contributed by atoms with Crippen LogP contribution in [0, 0.1) is 5.92 Å². The molecule has 1 saturated carbocycles. The molecule has 0 radical (unpaired) electrons. The third kappa shape index (κ3) is 5.03. The molecule has 2 unspecified atom stereocenters. The Hall–Kier alpha value is -8.98. The monoisotopic (exact) mass is 912 g/mol. The molecule has 2 atom stereocenters. The predicted octanol–water partition coefficient (Wildman–Crippen LogP) is 17.6. The molecule has 1 spiro atoms. The van der Waals surface area contributed by atoms with Crippen molar-refractivity contribution in [2.75, 3.05) is 0 Å². The molecule has 4 aliphatic rings. The van der Waals surface area contributed by atoms with Crippen molar-refractivity contribution in [1.29, 1.82) is 0 Å². The fraction of sp³-hybridized carbons (Fsp3) is 0.0571. The largest absolute Gasteiger partial charge is 0.309 e. The summed E-state index contributed by atoms with van der Waals surface area (Å²) in [6.45, 7) is 0. The molecule has 0 N–H and O–H groups in total. The maximum atomic E-state index is 2.56. The van der Waals surface area contributed by atoms with Gasteiger partial charge in [0.25, 0.3) is 0 Å². The number of rotatable bonds is 4. The molecule has 0 saturated heterocycles. The molecule has 2 nitrogen and oxygen atoms in total.